The van der Waals surface area contributed by atoms with Crippen LogP contribution in [0.25, 0.3) is 33.9 Å². The number of nitrogens with one attached hydrogen (secondary N) is 1. The predicted octanol–water partition coefficient (Wildman–Crippen LogP) is 3.60. The zero-order valence-corrected chi connectivity index (χ0v) is 16.1. The summed E-state index contributed by atoms with van der Waals surface area (Å²) >= 11 is 0. The topological polar surface area (TPSA) is 93.8 Å². The minimum absolute atomic E-state index is 0.135. The van der Waals surface area contributed by atoms with E-state index in [4.69, 9.17) is 4.52 Å². The zero-order chi connectivity index (χ0) is 20.0. The average Bonchev–Trinajstić information content (AvgIpc) is 3.11. The molecule has 0 fully saturated rings. The third kappa shape index (κ3) is 3.05. The Morgan fingerprint density at radius 3 is 2.39 bits per heavy atom. The SMILES string of the molecule is Cc1cc(C)cc(-c2nc(-c3ccc4c(c3)[nH]c(=O)c(=O)n4C(C)C)no2)c1. The summed E-state index contributed by atoms with van der Waals surface area (Å²) < 4.78 is 6.92. The van der Waals surface area contributed by atoms with Crippen molar-refractivity contribution < 1.29 is 4.52 Å². The number of aromatic nitrogens is 4. The molecule has 0 amide bonds. The Hall–Kier alpha value is -3.48. The third-order valence-electron chi connectivity index (χ3n) is 4.59. The van der Waals surface area contributed by atoms with Gasteiger partial charge in [0.1, 0.15) is 0 Å². The van der Waals surface area contributed by atoms with Crippen LogP contribution in [0.4, 0.5) is 0 Å². The molecule has 0 spiro atoms. The Bertz CT molecular complexity index is 1290. The first-order valence-corrected chi connectivity index (χ1v) is 9.05. The second-order valence-corrected chi connectivity index (χ2v) is 7.25. The highest BCUT2D eigenvalue weighted by Crippen LogP contribution is 2.26. The summed E-state index contributed by atoms with van der Waals surface area (Å²) in [6, 6.07) is 11.3. The zero-order valence-electron chi connectivity index (χ0n) is 16.1. The minimum Gasteiger partial charge on any atom is -0.334 e. The summed E-state index contributed by atoms with van der Waals surface area (Å²) in [7, 11) is 0. The summed E-state index contributed by atoms with van der Waals surface area (Å²) in [5.74, 6) is 0.849. The van der Waals surface area contributed by atoms with E-state index < -0.39 is 11.1 Å². The van der Waals surface area contributed by atoms with E-state index in [1.807, 2.05) is 45.9 Å². The van der Waals surface area contributed by atoms with Crippen molar-refractivity contribution in [2.45, 2.75) is 33.7 Å². The Labute approximate surface area is 160 Å². The van der Waals surface area contributed by atoms with Crippen LogP contribution in [0.1, 0.15) is 31.0 Å². The van der Waals surface area contributed by atoms with Gasteiger partial charge in [-0.2, -0.15) is 4.98 Å². The largest absolute Gasteiger partial charge is 0.334 e. The van der Waals surface area contributed by atoms with Crippen molar-refractivity contribution in [2.75, 3.05) is 0 Å². The highest BCUT2D eigenvalue weighted by atomic mass is 16.5. The van der Waals surface area contributed by atoms with Crippen LogP contribution in [0.3, 0.4) is 0 Å². The Morgan fingerprint density at radius 2 is 1.71 bits per heavy atom. The number of nitrogens with zero attached hydrogens (tertiary/aromatic N) is 3. The first-order valence-electron chi connectivity index (χ1n) is 9.05. The molecule has 0 aliphatic heterocycles. The van der Waals surface area contributed by atoms with Gasteiger partial charge in [0.2, 0.25) is 5.82 Å². The van der Waals surface area contributed by atoms with Crippen LogP contribution in [0.2, 0.25) is 0 Å². The van der Waals surface area contributed by atoms with Gasteiger partial charge in [-0.25, -0.2) is 0 Å². The summed E-state index contributed by atoms with van der Waals surface area (Å²) in [5.41, 5.74) is 3.77. The lowest BCUT2D eigenvalue weighted by Crippen LogP contribution is -2.37. The van der Waals surface area contributed by atoms with E-state index in [1.54, 1.807) is 12.1 Å². The fourth-order valence-corrected chi connectivity index (χ4v) is 3.45. The molecule has 0 bridgehead atoms. The average molecular weight is 376 g/mol. The lowest BCUT2D eigenvalue weighted by atomic mass is 10.1. The predicted molar refractivity (Wildman–Crippen MR) is 107 cm³/mol. The molecule has 7 nitrogen and oxygen atoms in total. The molecule has 0 aliphatic carbocycles. The highest BCUT2D eigenvalue weighted by molar-refractivity contribution is 5.80. The molecule has 0 atom stereocenters. The molecule has 0 saturated carbocycles. The summed E-state index contributed by atoms with van der Waals surface area (Å²) in [6.45, 7) is 7.76. The normalized spacial score (nSPS) is 11.5. The summed E-state index contributed by atoms with van der Waals surface area (Å²) in [4.78, 5) is 31.3. The van der Waals surface area contributed by atoms with E-state index in [-0.39, 0.29) is 6.04 Å². The number of benzene rings is 2. The number of hydrogen-bond donors (Lipinski definition) is 1. The van der Waals surface area contributed by atoms with Gasteiger partial charge in [0, 0.05) is 17.2 Å². The van der Waals surface area contributed by atoms with Gasteiger partial charge in [-0.1, -0.05) is 22.3 Å². The molecule has 142 valence electrons. The molecule has 4 rings (SSSR count). The molecule has 0 radical (unpaired) electrons. The number of aromatic amines is 1. The van der Waals surface area contributed by atoms with Crippen molar-refractivity contribution in [1.29, 1.82) is 0 Å². The van der Waals surface area contributed by atoms with Gasteiger partial charge in [-0.3, -0.25) is 14.2 Å². The smallest absolute Gasteiger partial charge is 0.316 e. The highest BCUT2D eigenvalue weighted by Gasteiger charge is 2.15. The third-order valence-corrected chi connectivity index (χ3v) is 4.59. The Kier molecular flexibility index (Phi) is 4.22. The van der Waals surface area contributed by atoms with E-state index >= 15 is 0 Å². The Morgan fingerprint density at radius 1 is 1.00 bits per heavy atom. The van der Waals surface area contributed by atoms with Gasteiger partial charge >= 0.3 is 11.1 Å². The minimum atomic E-state index is -0.651. The number of fused-ring (bicyclic) bond motifs is 1. The maximum atomic E-state index is 12.2. The van der Waals surface area contributed by atoms with E-state index in [0.29, 0.717) is 28.3 Å². The van der Waals surface area contributed by atoms with Crippen molar-refractivity contribution in [3.63, 3.8) is 0 Å². The van der Waals surface area contributed by atoms with Crippen molar-refractivity contribution >= 4 is 11.0 Å². The molecule has 0 aliphatic rings. The van der Waals surface area contributed by atoms with E-state index in [2.05, 4.69) is 21.2 Å². The van der Waals surface area contributed by atoms with Crippen molar-refractivity contribution in [3.8, 4) is 22.8 Å². The van der Waals surface area contributed by atoms with Crippen molar-refractivity contribution in [1.82, 2.24) is 19.7 Å². The lowest BCUT2D eigenvalue weighted by Gasteiger charge is -2.13. The molecule has 2 aromatic carbocycles. The molecule has 28 heavy (non-hydrogen) atoms. The van der Waals surface area contributed by atoms with Crippen LogP contribution in [0, 0.1) is 13.8 Å². The van der Waals surface area contributed by atoms with Crippen LogP contribution < -0.4 is 11.1 Å². The molecule has 2 heterocycles. The number of hydrogen-bond acceptors (Lipinski definition) is 5. The van der Waals surface area contributed by atoms with E-state index in [0.717, 1.165) is 16.7 Å². The Balaban J connectivity index is 1.82. The fraction of sp³-hybridized carbons (Fsp3) is 0.238. The van der Waals surface area contributed by atoms with Crippen LogP contribution >= 0.6 is 0 Å². The van der Waals surface area contributed by atoms with Crippen molar-refractivity contribution in [2.24, 2.45) is 0 Å². The maximum absolute atomic E-state index is 12.2. The molecule has 7 heteroatoms. The number of rotatable bonds is 3. The van der Waals surface area contributed by atoms with Crippen LogP contribution in [0.15, 0.2) is 50.5 Å². The number of aryl methyl sites for hydroxylation is 2. The van der Waals surface area contributed by atoms with Crippen molar-refractivity contribution in [3.05, 3.63) is 68.2 Å². The molecule has 1 N–H and O–H groups in total. The molecule has 4 aromatic rings. The quantitative estimate of drug-likeness (QED) is 0.551. The summed E-state index contributed by atoms with van der Waals surface area (Å²) in [5, 5.41) is 4.08. The van der Waals surface area contributed by atoms with Gasteiger partial charge < -0.3 is 9.51 Å². The van der Waals surface area contributed by atoms with Crippen LogP contribution in [-0.2, 0) is 0 Å². The van der Waals surface area contributed by atoms with Gasteiger partial charge in [0.15, 0.2) is 0 Å². The maximum Gasteiger partial charge on any atom is 0.316 e. The molecular formula is C21H20N4O3. The van der Waals surface area contributed by atoms with E-state index in [9.17, 15) is 9.59 Å². The van der Waals surface area contributed by atoms with Crippen LogP contribution in [-0.4, -0.2) is 19.7 Å². The summed E-state index contributed by atoms with van der Waals surface area (Å²) in [6.07, 6.45) is 0. The second-order valence-electron chi connectivity index (χ2n) is 7.25. The molecular weight excluding hydrogens is 356 g/mol. The van der Waals surface area contributed by atoms with E-state index in [1.165, 1.54) is 4.57 Å². The van der Waals surface area contributed by atoms with Gasteiger partial charge in [0.25, 0.3) is 5.89 Å². The molecule has 0 saturated heterocycles. The molecule has 0 unspecified atom stereocenters. The standard InChI is InChI=1S/C21H20N4O3/c1-11(2)25-17-6-5-14(10-16(17)22-19(26)21(25)27)18-23-20(28-24-18)15-8-12(3)7-13(4)9-15/h5-11H,1-4H3,(H,22,26). The second kappa shape index (κ2) is 6.60. The first-order chi connectivity index (χ1) is 13.3. The fourth-order valence-electron chi connectivity index (χ4n) is 3.45. The van der Waals surface area contributed by atoms with Gasteiger partial charge in [-0.05, 0) is 58.0 Å². The first kappa shape index (κ1) is 17.9. The van der Waals surface area contributed by atoms with Crippen LogP contribution in [0.5, 0.6) is 0 Å². The number of H-pyrrole nitrogens is 1. The van der Waals surface area contributed by atoms with Gasteiger partial charge in [-0.15, -0.1) is 0 Å². The monoisotopic (exact) mass is 376 g/mol. The molecule has 2 aromatic heterocycles. The van der Waals surface area contributed by atoms with Gasteiger partial charge in [0.05, 0.1) is 11.0 Å². The lowest BCUT2D eigenvalue weighted by molar-refractivity contribution is 0.432.